The Balaban J connectivity index is 2.11. The van der Waals surface area contributed by atoms with Crippen LogP contribution >= 0.6 is 11.6 Å². The Bertz CT molecular complexity index is 319. The van der Waals surface area contributed by atoms with Gasteiger partial charge in [0.1, 0.15) is 0 Å². The van der Waals surface area contributed by atoms with E-state index >= 15 is 0 Å². The van der Waals surface area contributed by atoms with Crippen molar-refractivity contribution in [2.75, 3.05) is 26.3 Å². The minimum Gasteiger partial charge on any atom is -0.379 e. The van der Waals surface area contributed by atoms with Crippen molar-refractivity contribution in [3.63, 3.8) is 0 Å². The normalized spacial score (nSPS) is 19.6. The van der Waals surface area contributed by atoms with Gasteiger partial charge in [-0.05, 0) is 24.1 Å². The molecule has 0 N–H and O–H groups in total. The standard InChI is InChI=1S/C13H18ClNO/c1-2-13(15-7-9-16-10-8-15)11-3-5-12(14)6-4-11/h3-6,13H,2,7-10H2,1H3. The Morgan fingerprint density at radius 3 is 2.44 bits per heavy atom. The summed E-state index contributed by atoms with van der Waals surface area (Å²) in [4.78, 5) is 2.49. The Kier molecular flexibility index (Phi) is 4.22. The lowest BCUT2D eigenvalue weighted by molar-refractivity contribution is 0.0152. The summed E-state index contributed by atoms with van der Waals surface area (Å²) in [5.74, 6) is 0. The van der Waals surface area contributed by atoms with E-state index in [9.17, 15) is 0 Å². The van der Waals surface area contributed by atoms with Crippen LogP contribution in [0.1, 0.15) is 24.9 Å². The van der Waals surface area contributed by atoms with Crippen molar-refractivity contribution >= 4 is 11.6 Å². The largest absolute Gasteiger partial charge is 0.379 e. The van der Waals surface area contributed by atoms with Crippen LogP contribution in [0.3, 0.4) is 0 Å². The zero-order valence-electron chi connectivity index (χ0n) is 9.66. The van der Waals surface area contributed by atoms with Crippen LogP contribution in [0.25, 0.3) is 0 Å². The lowest BCUT2D eigenvalue weighted by atomic mass is 10.0. The van der Waals surface area contributed by atoms with Crippen molar-refractivity contribution in [1.82, 2.24) is 4.90 Å². The summed E-state index contributed by atoms with van der Waals surface area (Å²) in [6.45, 7) is 5.99. The van der Waals surface area contributed by atoms with E-state index in [4.69, 9.17) is 16.3 Å². The van der Waals surface area contributed by atoms with E-state index < -0.39 is 0 Å². The van der Waals surface area contributed by atoms with Gasteiger partial charge >= 0.3 is 0 Å². The summed E-state index contributed by atoms with van der Waals surface area (Å²) in [6, 6.07) is 8.71. The molecule has 0 aliphatic carbocycles. The minimum atomic E-state index is 0.501. The van der Waals surface area contributed by atoms with Crippen LogP contribution in [0.4, 0.5) is 0 Å². The molecule has 1 heterocycles. The van der Waals surface area contributed by atoms with Gasteiger partial charge < -0.3 is 4.74 Å². The molecule has 1 aliphatic rings. The van der Waals surface area contributed by atoms with Crippen LogP contribution in [-0.2, 0) is 4.74 Å². The summed E-state index contributed by atoms with van der Waals surface area (Å²) in [7, 11) is 0. The second-order valence-corrected chi connectivity index (χ2v) is 4.56. The van der Waals surface area contributed by atoms with Crippen LogP contribution in [-0.4, -0.2) is 31.2 Å². The molecule has 0 bridgehead atoms. The quantitative estimate of drug-likeness (QED) is 0.804. The first-order valence-electron chi connectivity index (χ1n) is 5.88. The highest BCUT2D eigenvalue weighted by Crippen LogP contribution is 2.25. The Morgan fingerprint density at radius 2 is 1.88 bits per heavy atom. The second kappa shape index (κ2) is 5.67. The van der Waals surface area contributed by atoms with E-state index in [-0.39, 0.29) is 0 Å². The molecule has 1 atom stereocenters. The average Bonchev–Trinajstić information content (AvgIpc) is 2.34. The number of nitrogens with zero attached hydrogens (tertiary/aromatic N) is 1. The fraction of sp³-hybridized carbons (Fsp3) is 0.538. The predicted octanol–water partition coefficient (Wildman–Crippen LogP) is 3.12. The maximum absolute atomic E-state index is 5.91. The first-order valence-corrected chi connectivity index (χ1v) is 6.26. The lowest BCUT2D eigenvalue weighted by Gasteiger charge is -2.34. The van der Waals surface area contributed by atoms with Crippen molar-refractivity contribution in [2.24, 2.45) is 0 Å². The van der Waals surface area contributed by atoms with Crippen molar-refractivity contribution in [3.05, 3.63) is 34.9 Å². The molecule has 0 radical (unpaired) electrons. The van der Waals surface area contributed by atoms with Gasteiger partial charge in [0.2, 0.25) is 0 Å². The third-order valence-electron chi connectivity index (χ3n) is 3.13. The number of benzene rings is 1. The summed E-state index contributed by atoms with van der Waals surface area (Å²) < 4.78 is 5.39. The van der Waals surface area contributed by atoms with Crippen molar-refractivity contribution in [3.8, 4) is 0 Å². The fourth-order valence-corrected chi connectivity index (χ4v) is 2.40. The summed E-state index contributed by atoms with van der Waals surface area (Å²) in [6.07, 6.45) is 1.13. The topological polar surface area (TPSA) is 12.5 Å². The van der Waals surface area contributed by atoms with Gasteiger partial charge in [-0.1, -0.05) is 30.7 Å². The predicted molar refractivity (Wildman–Crippen MR) is 66.9 cm³/mol. The fourth-order valence-electron chi connectivity index (χ4n) is 2.28. The first-order chi connectivity index (χ1) is 7.81. The smallest absolute Gasteiger partial charge is 0.0594 e. The number of morpholine rings is 1. The van der Waals surface area contributed by atoms with E-state index in [1.54, 1.807) is 0 Å². The molecule has 1 fully saturated rings. The third-order valence-corrected chi connectivity index (χ3v) is 3.38. The van der Waals surface area contributed by atoms with E-state index in [2.05, 4.69) is 24.0 Å². The zero-order valence-corrected chi connectivity index (χ0v) is 10.4. The van der Waals surface area contributed by atoms with Gasteiger partial charge in [-0.15, -0.1) is 0 Å². The second-order valence-electron chi connectivity index (χ2n) is 4.12. The van der Waals surface area contributed by atoms with E-state index in [0.29, 0.717) is 6.04 Å². The van der Waals surface area contributed by atoms with Crippen molar-refractivity contribution in [1.29, 1.82) is 0 Å². The lowest BCUT2D eigenvalue weighted by Crippen LogP contribution is -2.38. The molecule has 1 aromatic carbocycles. The maximum Gasteiger partial charge on any atom is 0.0594 e. The molecule has 1 saturated heterocycles. The molecule has 0 saturated carbocycles. The monoisotopic (exact) mass is 239 g/mol. The first kappa shape index (κ1) is 11.9. The molecule has 88 valence electrons. The van der Waals surface area contributed by atoms with Crippen molar-refractivity contribution in [2.45, 2.75) is 19.4 Å². The van der Waals surface area contributed by atoms with Gasteiger partial charge in [0.15, 0.2) is 0 Å². The van der Waals surface area contributed by atoms with E-state index in [1.807, 2.05) is 12.1 Å². The number of hydrogen-bond donors (Lipinski definition) is 0. The molecule has 16 heavy (non-hydrogen) atoms. The SMILES string of the molecule is CCC(c1ccc(Cl)cc1)N1CCOCC1. The Labute approximate surface area is 102 Å². The molecule has 0 amide bonds. The molecule has 2 nitrogen and oxygen atoms in total. The molecular weight excluding hydrogens is 222 g/mol. The highest BCUT2D eigenvalue weighted by Gasteiger charge is 2.20. The third kappa shape index (κ3) is 2.76. The Hall–Kier alpha value is -0.570. The van der Waals surface area contributed by atoms with Crippen LogP contribution in [0, 0.1) is 0 Å². The minimum absolute atomic E-state index is 0.501. The summed E-state index contributed by atoms with van der Waals surface area (Å²) >= 11 is 5.91. The Morgan fingerprint density at radius 1 is 1.25 bits per heavy atom. The molecule has 1 aromatic rings. The molecule has 0 aromatic heterocycles. The highest BCUT2D eigenvalue weighted by molar-refractivity contribution is 6.30. The van der Waals surface area contributed by atoms with Crippen LogP contribution in [0.2, 0.25) is 5.02 Å². The zero-order chi connectivity index (χ0) is 11.4. The summed E-state index contributed by atoms with van der Waals surface area (Å²) in [5.41, 5.74) is 1.36. The number of ether oxygens (including phenoxy) is 1. The van der Waals surface area contributed by atoms with Crippen LogP contribution in [0.5, 0.6) is 0 Å². The average molecular weight is 240 g/mol. The van der Waals surface area contributed by atoms with Gasteiger partial charge in [-0.2, -0.15) is 0 Å². The van der Waals surface area contributed by atoms with Gasteiger partial charge in [0.05, 0.1) is 13.2 Å². The van der Waals surface area contributed by atoms with Crippen LogP contribution in [0.15, 0.2) is 24.3 Å². The molecular formula is C13H18ClNO. The molecule has 3 heteroatoms. The highest BCUT2D eigenvalue weighted by atomic mass is 35.5. The number of rotatable bonds is 3. The summed E-state index contributed by atoms with van der Waals surface area (Å²) in [5, 5.41) is 0.806. The van der Waals surface area contributed by atoms with Gasteiger partial charge in [0.25, 0.3) is 0 Å². The van der Waals surface area contributed by atoms with Crippen LogP contribution < -0.4 is 0 Å². The number of halogens is 1. The van der Waals surface area contributed by atoms with E-state index in [0.717, 1.165) is 37.7 Å². The van der Waals surface area contributed by atoms with Gasteiger partial charge in [0, 0.05) is 24.2 Å². The molecule has 1 aliphatic heterocycles. The molecule has 1 unspecified atom stereocenters. The molecule has 0 spiro atoms. The molecule has 2 rings (SSSR count). The number of hydrogen-bond acceptors (Lipinski definition) is 2. The van der Waals surface area contributed by atoms with Gasteiger partial charge in [-0.3, -0.25) is 4.90 Å². The van der Waals surface area contributed by atoms with Crippen molar-refractivity contribution < 1.29 is 4.74 Å². The maximum atomic E-state index is 5.91. The van der Waals surface area contributed by atoms with Gasteiger partial charge in [-0.25, -0.2) is 0 Å². The van der Waals surface area contributed by atoms with E-state index in [1.165, 1.54) is 5.56 Å².